The number of aromatic nitrogens is 1. The van der Waals surface area contributed by atoms with E-state index in [0.717, 1.165) is 11.3 Å². The predicted octanol–water partition coefficient (Wildman–Crippen LogP) is 4.10. The van der Waals surface area contributed by atoms with Gasteiger partial charge in [0.05, 0.1) is 11.2 Å². The lowest BCUT2D eigenvalue weighted by molar-refractivity contribution is 0.0951. The summed E-state index contributed by atoms with van der Waals surface area (Å²) in [5, 5.41) is 4.71. The number of amides is 1. The van der Waals surface area contributed by atoms with E-state index in [1.54, 1.807) is 48.8 Å². The van der Waals surface area contributed by atoms with Crippen LogP contribution in [0.25, 0.3) is 0 Å². The first-order chi connectivity index (χ1) is 12.1. The SMILES string of the molecule is Cc1ccc(CNC(=O)c2ccc(OCc3cscn3)cc2)cc1F. The van der Waals surface area contributed by atoms with Crippen LogP contribution in [0.3, 0.4) is 0 Å². The molecule has 2 aromatic carbocycles. The second kappa shape index (κ2) is 7.90. The first-order valence-corrected chi connectivity index (χ1v) is 8.69. The quantitative estimate of drug-likeness (QED) is 0.723. The van der Waals surface area contributed by atoms with Gasteiger partial charge in [0.15, 0.2) is 0 Å². The minimum absolute atomic E-state index is 0.216. The minimum Gasteiger partial charge on any atom is -0.487 e. The number of rotatable bonds is 6. The molecule has 128 valence electrons. The molecule has 0 radical (unpaired) electrons. The second-order valence-electron chi connectivity index (χ2n) is 5.56. The average molecular weight is 356 g/mol. The standard InChI is InChI=1S/C19H17FN2O2S/c1-13-2-3-14(8-18(13)20)9-21-19(23)15-4-6-17(7-5-15)24-10-16-11-25-12-22-16/h2-8,11-12H,9-10H2,1H3,(H,21,23). The van der Waals surface area contributed by atoms with Gasteiger partial charge in [-0.1, -0.05) is 12.1 Å². The smallest absolute Gasteiger partial charge is 0.251 e. The number of ether oxygens (including phenoxy) is 1. The Balaban J connectivity index is 1.54. The number of carbonyl (C=O) groups is 1. The molecule has 0 spiro atoms. The second-order valence-corrected chi connectivity index (χ2v) is 6.28. The zero-order chi connectivity index (χ0) is 17.6. The number of benzene rings is 2. The van der Waals surface area contributed by atoms with Crippen LogP contribution in [0.1, 0.15) is 27.2 Å². The van der Waals surface area contributed by atoms with Crippen LogP contribution in [0.2, 0.25) is 0 Å². The summed E-state index contributed by atoms with van der Waals surface area (Å²) in [6, 6.07) is 11.8. The van der Waals surface area contributed by atoms with Crippen LogP contribution in [0.5, 0.6) is 5.75 Å². The van der Waals surface area contributed by atoms with E-state index in [2.05, 4.69) is 10.3 Å². The molecule has 0 bridgehead atoms. The van der Waals surface area contributed by atoms with Gasteiger partial charge in [0.25, 0.3) is 5.91 Å². The van der Waals surface area contributed by atoms with E-state index in [0.29, 0.717) is 23.5 Å². The molecule has 0 atom stereocenters. The maximum absolute atomic E-state index is 13.5. The Morgan fingerprint density at radius 3 is 2.72 bits per heavy atom. The van der Waals surface area contributed by atoms with Crippen molar-refractivity contribution in [3.05, 3.63) is 81.6 Å². The van der Waals surface area contributed by atoms with Crippen molar-refractivity contribution in [2.75, 3.05) is 0 Å². The van der Waals surface area contributed by atoms with Gasteiger partial charge in [-0.25, -0.2) is 9.37 Å². The van der Waals surface area contributed by atoms with Crippen molar-refractivity contribution >= 4 is 17.2 Å². The molecule has 1 heterocycles. The summed E-state index contributed by atoms with van der Waals surface area (Å²) in [5.41, 5.74) is 4.46. The molecule has 6 heteroatoms. The molecule has 25 heavy (non-hydrogen) atoms. The van der Waals surface area contributed by atoms with Gasteiger partial charge in [-0.3, -0.25) is 4.79 Å². The topological polar surface area (TPSA) is 51.2 Å². The molecular weight excluding hydrogens is 339 g/mol. The van der Waals surface area contributed by atoms with Gasteiger partial charge >= 0.3 is 0 Å². The van der Waals surface area contributed by atoms with E-state index in [4.69, 9.17) is 4.74 Å². The van der Waals surface area contributed by atoms with Crippen molar-refractivity contribution in [1.82, 2.24) is 10.3 Å². The summed E-state index contributed by atoms with van der Waals surface area (Å²) in [5.74, 6) is 0.186. The van der Waals surface area contributed by atoms with Gasteiger partial charge in [0.1, 0.15) is 18.2 Å². The highest BCUT2D eigenvalue weighted by Crippen LogP contribution is 2.15. The molecule has 0 aliphatic rings. The van der Waals surface area contributed by atoms with E-state index in [9.17, 15) is 9.18 Å². The summed E-state index contributed by atoms with van der Waals surface area (Å²) in [4.78, 5) is 16.3. The number of nitrogens with one attached hydrogen (secondary N) is 1. The Bertz CT molecular complexity index is 848. The Kier molecular flexibility index (Phi) is 5.40. The van der Waals surface area contributed by atoms with E-state index in [-0.39, 0.29) is 18.3 Å². The number of halogens is 1. The fourth-order valence-electron chi connectivity index (χ4n) is 2.20. The summed E-state index contributed by atoms with van der Waals surface area (Å²) < 4.78 is 19.1. The molecule has 3 rings (SSSR count). The monoisotopic (exact) mass is 356 g/mol. The predicted molar refractivity (Wildman–Crippen MR) is 95.2 cm³/mol. The highest BCUT2D eigenvalue weighted by Gasteiger charge is 2.07. The molecule has 0 fully saturated rings. The van der Waals surface area contributed by atoms with Gasteiger partial charge < -0.3 is 10.1 Å². The maximum atomic E-state index is 13.5. The fraction of sp³-hybridized carbons (Fsp3) is 0.158. The molecule has 0 unspecified atom stereocenters. The van der Waals surface area contributed by atoms with Crippen LogP contribution in [0.4, 0.5) is 4.39 Å². The molecule has 1 amide bonds. The van der Waals surface area contributed by atoms with Crippen molar-refractivity contribution in [2.45, 2.75) is 20.1 Å². The Morgan fingerprint density at radius 1 is 1.24 bits per heavy atom. The molecule has 1 N–H and O–H groups in total. The van der Waals surface area contributed by atoms with Gasteiger partial charge in [0.2, 0.25) is 0 Å². The van der Waals surface area contributed by atoms with Gasteiger partial charge in [-0.15, -0.1) is 11.3 Å². The first kappa shape index (κ1) is 17.1. The number of hydrogen-bond donors (Lipinski definition) is 1. The van der Waals surface area contributed by atoms with Crippen molar-refractivity contribution in [3.8, 4) is 5.75 Å². The third-order valence-corrected chi connectivity index (χ3v) is 4.31. The molecule has 4 nitrogen and oxygen atoms in total. The molecule has 1 aromatic heterocycles. The highest BCUT2D eigenvalue weighted by molar-refractivity contribution is 7.07. The third kappa shape index (κ3) is 4.64. The summed E-state index contributed by atoms with van der Waals surface area (Å²) in [6.07, 6.45) is 0. The normalized spacial score (nSPS) is 10.5. The largest absolute Gasteiger partial charge is 0.487 e. The van der Waals surface area contributed by atoms with Crippen molar-refractivity contribution < 1.29 is 13.9 Å². The van der Waals surface area contributed by atoms with Crippen molar-refractivity contribution in [2.24, 2.45) is 0 Å². The molecule has 0 aliphatic carbocycles. The third-order valence-electron chi connectivity index (χ3n) is 3.68. The fourth-order valence-corrected chi connectivity index (χ4v) is 2.74. The van der Waals surface area contributed by atoms with Crippen LogP contribution in [-0.4, -0.2) is 10.9 Å². The molecule has 3 aromatic rings. The van der Waals surface area contributed by atoms with Gasteiger partial charge in [0, 0.05) is 17.5 Å². The van der Waals surface area contributed by atoms with Crippen LogP contribution in [0, 0.1) is 12.7 Å². The lowest BCUT2D eigenvalue weighted by Gasteiger charge is -2.08. The van der Waals surface area contributed by atoms with Crippen LogP contribution in [-0.2, 0) is 13.2 Å². The maximum Gasteiger partial charge on any atom is 0.251 e. The zero-order valence-corrected chi connectivity index (χ0v) is 14.5. The Labute approximate surface area is 149 Å². The zero-order valence-electron chi connectivity index (χ0n) is 13.7. The Morgan fingerprint density at radius 2 is 2.04 bits per heavy atom. The van der Waals surface area contributed by atoms with Crippen LogP contribution in [0.15, 0.2) is 53.4 Å². The summed E-state index contributed by atoms with van der Waals surface area (Å²) in [6.45, 7) is 2.38. The van der Waals surface area contributed by atoms with E-state index in [1.165, 1.54) is 17.4 Å². The number of nitrogens with zero attached hydrogens (tertiary/aromatic N) is 1. The van der Waals surface area contributed by atoms with Crippen LogP contribution < -0.4 is 10.1 Å². The molecule has 0 saturated heterocycles. The highest BCUT2D eigenvalue weighted by atomic mass is 32.1. The lowest BCUT2D eigenvalue weighted by Crippen LogP contribution is -2.22. The van der Waals surface area contributed by atoms with E-state index < -0.39 is 0 Å². The lowest BCUT2D eigenvalue weighted by atomic mass is 10.1. The summed E-state index contributed by atoms with van der Waals surface area (Å²) >= 11 is 1.52. The van der Waals surface area contributed by atoms with Gasteiger partial charge in [-0.2, -0.15) is 0 Å². The number of carbonyl (C=O) groups excluding carboxylic acids is 1. The number of hydrogen-bond acceptors (Lipinski definition) is 4. The number of aryl methyl sites for hydroxylation is 1. The molecular formula is C19H17FN2O2S. The Hall–Kier alpha value is -2.73. The van der Waals surface area contributed by atoms with Crippen LogP contribution >= 0.6 is 11.3 Å². The van der Waals surface area contributed by atoms with Crippen molar-refractivity contribution in [1.29, 1.82) is 0 Å². The minimum atomic E-state index is -0.270. The van der Waals surface area contributed by atoms with E-state index >= 15 is 0 Å². The van der Waals surface area contributed by atoms with Gasteiger partial charge in [-0.05, 0) is 48.4 Å². The first-order valence-electron chi connectivity index (χ1n) is 7.75. The summed E-state index contributed by atoms with van der Waals surface area (Å²) in [7, 11) is 0. The molecule has 0 aliphatic heterocycles. The van der Waals surface area contributed by atoms with E-state index in [1.807, 2.05) is 5.38 Å². The number of thiazole rings is 1. The molecule has 0 saturated carbocycles. The average Bonchev–Trinajstić information content (AvgIpc) is 3.15. The van der Waals surface area contributed by atoms with Crippen molar-refractivity contribution in [3.63, 3.8) is 0 Å².